The van der Waals surface area contributed by atoms with Gasteiger partial charge in [-0.3, -0.25) is 9.59 Å². The molecule has 0 bridgehead atoms. The smallest absolute Gasteiger partial charge is 0.254 e. The van der Waals surface area contributed by atoms with E-state index in [1.54, 1.807) is 24.3 Å². The normalized spacial score (nSPS) is 14.1. The minimum absolute atomic E-state index is 0.0143. The number of fused-ring (bicyclic) bond motifs is 1. The summed E-state index contributed by atoms with van der Waals surface area (Å²) >= 11 is 0. The van der Waals surface area contributed by atoms with Gasteiger partial charge in [-0.1, -0.05) is 24.3 Å². The zero-order valence-corrected chi connectivity index (χ0v) is 16.7. The van der Waals surface area contributed by atoms with E-state index >= 15 is 0 Å². The number of para-hydroxylation sites is 1. The minimum atomic E-state index is -0.151. The molecule has 2 amide bonds. The van der Waals surface area contributed by atoms with Gasteiger partial charge in [-0.05, 0) is 42.8 Å². The first-order valence-electron chi connectivity index (χ1n) is 9.79. The van der Waals surface area contributed by atoms with Crippen molar-refractivity contribution in [2.75, 3.05) is 36.4 Å². The Kier molecular flexibility index (Phi) is 5.16. The number of nitrogens with one attached hydrogen (secondary N) is 1. The molecule has 0 spiro atoms. The van der Waals surface area contributed by atoms with Crippen LogP contribution in [0.5, 0.6) is 0 Å². The highest BCUT2D eigenvalue weighted by Gasteiger charge is 2.23. The van der Waals surface area contributed by atoms with Gasteiger partial charge in [0.15, 0.2) is 0 Å². The number of anilines is 2. The molecule has 2 heterocycles. The molecule has 4 rings (SSSR count). The fraction of sp³-hybridized carbons (Fsp3) is 0.261. The van der Waals surface area contributed by atoms with Crippen LogP contribution in [-0.2, 0) is 4.79 Å². The molecule has 148 valence electrons. The zero-order valence-electron chi connectivity index (χ0n) is 16.7. The van der Waals surface area contributed by atoms with Gasteiger partial charge >= 0.3 is 0 Å². The van der Waals surface area contributed by atoms with Gasteiger partial charge in [0.1, 0.15) is 5.82 Å². The van der Waals surface area contributed by atoms with Crippen molar-refractivity contribution in [2.24, 2.45) is 0 Å². The topological polar surface area (TPSA) is 65.5 Å². The molecule has 1 aliphatic rings. The molecule has 3 aromatic rings. The number of aromatic nitrogens is 1. The van der Waals surface area contributed by atoms with Gasteiger partial charge in [0, 0.05) is 49.7 Å². The summed E-state index contributed by atoms with van der Waals surface area (Å²) in [5, 5.41) is 3.90. The highest BCUT2D eigenvalue weighted by atomic mass is 16.2. The van der Waals surface area contributed by atoms with Crippen LogP contribution in [-0.4, -0.2) is 47.9 Å². The van der Waals surface area contributed by atoms with Crippen molar-refractivity contribution in [3.05, 3.63) is 65.7 Å². The van der Waals surface area contributed by atoms with E-state index < -0.39 is 0 Å². The van der Waals surface area contributed by atoms with Gasteiger partial charge in [0.05, 0.1) is 5.52 Å². The molecule has 6 heteroatoms. The first-order chi connectivity index (χ1) is 14.0. The van der Waals surface area contributed by atoms with Crippen LogP contribution in [0.3, 0.4) is 0 Å². The van der Waals surface area contributed by atoms with E-state index in [0.29, 0.717) is 24.3 Å². The Morgan fingerprint density at radius 3 is 2.48 bits per heavy atom. The molecule has 2 aromatic carbocycles. The van der Waals surface area contributed by atoms with Crippen LogP contribution in [0.1, 0.15) is 22.8 Å². The highest BCUT2D eigenvalue weighted by molar-refractivity contribution is 5.97. The molecule has 0 saturated carbocycles. The molecular formula is C23H24N4O2. The van der Waals surface area contributed by atoms with Gasteiger partial charge in [0.25, 0.3) is 5.91 Å². The molecular weight excluding hydrogens is 364 g/mol. The predicted molar refractivity (Wildman–Crippen MR) is 115 cm³/mol. The maximum atomic E-state index is 12.9. The molecule has 1 aromatic heterocycles. The van der Waals surface area contributed by atoms with Crippen LogP contribution >= 0.6 is 0 Å². The van der Waals surface area contributed by atoms with Crippen molar-refractivity contribution >= 4 is 34.2 Å². The van der Waals surface area contributed by atoms with Crippen molar-refractivity contribution < 1.29 is 9.59 Å². The van der Waals surface area contributed by atoms with E-state index in [0.717, 1.165) is 24.4 Å². The number of amides is 2. The second-order valence-electron chi connectivity index (χ2n) is 7.36. The number of piperazine rings is 1. The third-order valence-corrected chi connectivity index (χ3v) is 5.23. The maximum Gasteiger partial charge on any atom is 0.254 e. The van der Waals surface area contributed by atoms with Crippen LogP contribution < -0.4 is 10.2 Å². The Labute approximate surface area is 170 Å². The number of pyridine rings is 1. The number of carbonyl (C=O) groups is 2. The molecule has 29 heavy (non-hydrogen) atoms. The van der Waals surface area contributed by atoms with Crippen molar-refractivity contribution in [2.45, 2.75) is 13.8 Å². The molecule has 1 fully saturated rings. The summed E-state index contributed by atoms with van der Waals surface area (Å²) < 4.78 is 0. The van der Waals surface area contributed by atoms with Gasteiger partial charge in [-0.2, -0.15) is 0 Å². The fourth-order valence-electron chi connectivity index (χ4n) is 3.75. The predicted octanol–water partition coefficient (Wildman–Crippen LogP) is 3.46. The third kappa shape index (κ3) is 4.06. The van der Waals surface area contributed by atoms with Crippen molar-refractivity contribution in [1.29, 1.82) is 0 Å². The molecule has 0 radical (unpaired) electrons. The van der Waals surface area contributed by atoms with Crippen LogP contribution in [0.2, 0.25) is 0 Å². The van der Waals surface area contributed by atoms with Crippen molar-refractivity contribution in [3.63, 3.8) is 0 Å². The number of hydrogen-bond donors (Lipinski definition) is 1. The largest absolute Gasteiger partial charge is 0.353 e. The molecule has 0 unspecified atom stereocenters. The minimum Gasteiger partial charge on any atom is -0.353 e. The summed E-state index contributed by atoms with van der Waals surface area (Å²) in [6, 6.07) is 17.4. The SMILES string of the molecule is CC(=O)Nc1cccc(C(=O)N2CCN(c3cc(C)c4ccccc4n3)CC2)c1. The monoisotopic (exact) mass is 388 g/mol. The van der Waals surface area contributed by atoms with E-state index in [2.05, 4.69) is 29.3 Å². The van der Waals surface area contributed by atoms with Gasteiger partial charge in [0.2, 0.25) is 5.91 Å². The average Bonchev–Trinajstić information content (AvgIpc) is 2.73. The average molecular weight is 388 g/mol. The van der Waals surface area contributed by atoms with E-state index in [4.69, 9.17) is 4.98 Å². The second kappa shape index (κ2) is 7.91. The molecule has 6 nitrogen and oxygen atoms in total. The number of aryl methyl sites for hydroxylation is 1. The first kappa shape index (κ1) is 18.9. The van der Waals surface area contributed by atoms with E-state index in [1.807, 2.05) is 23.1 Å². The lowest BCUT2D eigenvalue weighted by Gasteiger charge is -2.35. The summed E-state index contributed by atoms with van der Waals surface area (Å²) in [6.45, 7) is 6.31. The van der Waals surface area contributed by atoms with E-state index in [1.165, 1.54) is 17.9 Å². The number of carbonyl (C=O) groups excluding carboxylic acids is 2. The number of rotatable bonds is 3. The highest BCUT2D eigenvalue weighted by Crippen LogP contribution is 2.23. The fourth-order valence-corrected chi connectivity index (χ4v) is 3.75. The Bertz CT molecular complexity index is 1070. The van der Waals surface area contributed by atoms with Gasteiger partial charge < -0.3 is 15.1 Å². The molecule has 1 saturated heterocycles. The number of hydrogen-bond acceptors (Lipinski definition) is 4. The Balaban J connectivity index is 1.46. The zero-order chi connectivity index (χ0) is 20.4. The Morgan fingerprint density at radius 1 is 0.966 bits per heavy atom. The maximum absolute atomic E-state index is 12.9. The number of nitrogens with zero attached hydrogens (tertiary/aromatic N) is 3. The number of benzene rings is 2. The molecule has 1 aliphatic heterocycles. The summed E-state index contributed by atoms with van der Waals surface area (Å²) in [7, 11) is 0. The van der Waals surface area contributed by atoms with Gasteiger partial charge in [-0.25, -0.2) is 4.98 Å². The second-order valence-corrected chi connectivity index (χ2v) is 7.36. The van der Waals surface area contributed by atoms with Gasteiger partial charge in [-0.15, -0.1) is 0 Å². The summed E-state index contributed by atoms with van der Waals surface area (Å²) in [4.78, 5) is 33.0. The Hall–Kier alpha value is -3.41. The lowest BCUT2D eigenvalue weighted by Crippen LogP contribution is -2.49. The quantitative estimate of drug-likeness (QED) is 0.746. The van der Waals surface area contributed by atoms with E-state index in [9.17, 15) is 9.59 Å². The van der Waals surface area contributed by atoms with Crippen LogP contribution in [0.25, 0.3) is 10.9 Å². The van der Waals surface area contributed by atoms with Crippen molar-refractivity contribution in [3.8, 4) is 0 Å². The van der Waals surface area contributed by atoms with Crippen molar-refractivity contribution in [1.82, 2.24) is 9.88 Å². The Morgan fingerprint density at radius 2 is 1.72 bits per heavy atom. The molecule has 1 N–H and O–H groups in total. The van der Waals surface area contributed by atoms with E-state index in [-0.39, 0.29) is 11.8 Å². The van der Waals surface area contributed by atoms with Crippen LogP contribution in [0.15, 0.2) is 54.6 Å². The van der Waals surface area contributed by atoms with Crippen LogP contribution in [0.4, 0.5) is 11.5 Å². The lowest BCUT2D eigenvalue weighted by molar-refractivity contribution is -0.114. The standard InChI is InChI=1S/C23H24N4O2/c1-16-14-22(25-21-9-4-3-8-20(16)21)26-10-12-27(13-11-26)23(29)18-6-5-7-19(15-18)24-17(2)28/h3-9,14-15H,10-13H2,1-2H3,(H,24,28). The summed E-state index contributed by atoms with van der Waals surface area (Å²) in [6.07, 6.45) is 0. The van der Waals surface area contributed by atoms with Crippen LogP contribution in [0, 0.1) is 6.92 Å². The summed E-state index contributed by atoms with van der Waals surface area (Å²) in [5.41, 5.74) is 3.43. The lowest BCUT2D eigenvalue weighted by atomic mass is 10.1. The molecule has 0 aliphatic carbocycles. The first-order valence-corrected chi connectivity index (χ1v) is 9.79. The molecule has 0 atom stereocenters. The third-order valence-electron chi connectivity index (χ3n) is 5.23. The summed E-state index contributed by atoms with van der Waals surface area (Å²) in [5.74, 6) is 0.793.